The van der Waals surface area contributed by atoms with Crippen LogP contribution in [0.15, 0.2) is 77.5 Å². The number of oxime groups is 1. The van der Waals surface area contributed by atoms with Crippen molar-refractivity contribution in [2.45, 2.75) is 0 Å². The minimum atomic E-state index is -0.589. The SMILES string of the molecule is O=C1ON=C(c2cccc([N+](=O)[O-])c2)C1=CC=Cc1ccccc1. The Morgan fingerprint density at radius 2 is 1.88 bits per heavy atom. The molecule has 0 bridgehead atoms. The van der Waals surface area contributed by atoms with Crippen LogP contribution in [0.3, 0.4) is 0 Å². The zero-order valence-corrected chi connectivity index (χ0v) is 12.5. The van der Waals surface area contributed by atoms with Gasteiger partial charge in [0, 0.05) is 17.7 Å². The Labute approximate surface area is 137 Å². The molecule has 0 amide bonds. The average molecular weight is 320 g/mol. The first kappa shape index (κ1) is 15.4. The maximum atomic E-state index is 11.8. The van der Waals surface area contributed by atoms with Gasteiger partial charge in [-0.05, 0) is 11.6 Å². The molecule has 1 heterocycles. The van der Waals surface area contributed by atoms with Gasteiger partial charge in [-0.3, -0.25) is 10.1 Å². The first-order valence-corrected chi connectivity index (χ1v) is 7.13. The van der Waals surface area contributed by atoms with Crippen LogP contribution in [0.5, 0.6) is 0 Å². The standard InChI is InChI=1S/C18H12N2O4/c21-18-16(11-4-8-13-6-2-1-3-7-13)17(19-24-18)14-9-5-10-15(12-14)20(22)23/h1-12H. The third-order valence-corrected chi connectivity index (χ3v) is 3.38. The molecule has 6 heteroatoms. The molecule has 0 saturated carbocycles. The molecule has 118 valence electrons. The first-order chi connectivity index (χ1) is 11.6. The quantitative estimate of drug-likeness (QED) is 0.374. The minimum Gasteiger partial charge on any atom is -0.312 e. The number of allylic oxidation sites excluding steroid dienone is 2. The summed E-state index contributed by atoms with van der Waals surface area (Å²) in [4.78, 5) is 26.9. The van der Waals surface area contributed by atoms with E-state index in [2.05, 4.69) is 5.16 Å². The van der Waals surface area contributed by atoms with Crippen molar-refractivity contribution in [2.75, 3.05) is 0 Å². The molecule has 3 rings (SSSR count). The van der Waals surface area contributed by atoms with Gasteiger partial charge in [0.05, 0.1) is 10.5 Å². The lowest BCUT2D eigenvalue weighted by molar-refractivity contribution is -0.384. The van der Waals surface area contributed by atoms with E-state index in [-0.39, 0.29) is 17.0 Å². The van der Waals surface area contributed by atoms with E-state index >= 15 is 0 Å². The second kappa shape index (κ2) is 6.70. The van der Waals surface area contributed by atoms with Crippen molar-refractivity contribution >= 4 is 23.4 Å². The predicted octanol–water partition coefficient (Wildman–Crippen LogP) is 3.50. The predicted molar refractivity (Wildman–Crippen MR) is 89.3 cm³/mol. The second-order valence-electron chi connectivity index (χ2n) is 4.98. The summed E-state index contributed by atoms with van der Waals surface area (Å²) in [5.41, 5.74) is 1.89. The third-order valence-electron chi connectivity index (χ3n) is 3.38. The van der Waals surface area contributed by atoms with Crippen LogP contribution in [0.2, 0.25) is 0 Å². The van der Waals surface area contributed by atoms with Gasteiger partial charge in [0.25, 0.3) is 5.69 Å². The van der Waals surface area contributed by atoms with E-state index in [1.165, 1.54) is 18.2 Å². The van der Waals surface area contributed by atoms with E-state index in [0.29, 0.717) is 5.56 Å². The Morgan fingerprint density at radius 3 is 2.62 bits per heavy atom. The Morgan fingerprint density at radius 1 is 1.08 bits per heavy atom. The largest absolute Gasteiger partial charge is 0.368 e. The fraction of sp³-hybridized carbons (Fsp3) is 0. The van der Waals surface area contributed by atoms with Gasteiger partial charge in [-0.2, -0.15) is 0 Å². The number of hydrogen-bond acceptors (Lipinski definition) is 5. The number of nitrogens with zero attached hydrogens (tertiary/aromatic N) is 2. The van der Waals surface area contributed by atoms with Gasteiger partial charge in [0.15, 0.2) is 0 Å². The number of benzene rings is 2. The Balaban J connectivity index is 1.89. The van der Waals surface area contributed by atoms with Gasteiger partial charge in [0.2, 0.25) is 0 Å². The number of rotatable bonds is 4. The number of carbonyl (C=O) groups excluding carboxylic acids is 1. The van der Waals surface area contributed by atoms with Crippen molar-refractivity contribution in [1.82, 2.24) is 0 Å². The van der Waals surface area contributed by atoms with Crippen molar-refractivity contribution in [2.24, 2.45) is 5.16 Å². The molecule has 6 nitrogen and oxygen atoms in total. The van der Waals surface area contributed by atoms with E-state index < -0.39 is 10.9 Å². The summed E-state index contributed by atoms with van der Waals surface area (Å²) in [6, 6.07) is 15.5. The molecule has 0 atom stereocenters. The van der Waals surface area contributed by atoms with Crippen LogP contribution in [0, 0.1) is 10.1 Å². The monoisotopic (exact) mass is 320 g/mol. The van der Waals surface area contributed by atoms with Crippen LogP contribution in [-0.2, 0) is 9.63 Å². The molecule has 0 spiro atoms. The van der Waals surface area contributed by atoms with Gasteiger partial charge in [0.1, 0.15) is 5.71 Å². The Hall–Kier alpha value is -3.54. The fourth-order valence-electron chi connectivity index (χ4n) is 2.22. The maximum Gasteiger partial charge on any atom is 0.368 e. The van der Waals surface area contributed by atoms with Crippen LogP contribution in [-0.4, -0.2) is 16.6 Å². The number of carbonyl (C=O) groups is 1. The lowest BCUT2D eigenvalue weighted by Gasteiger charge is -1.99. The lowest BCUT2D eigenvalue weighted by atomic mass is 10.0. The minimum absolute atomic E-state index is 0.0753. The van der Waals surface area contributed by atoms with Crippen LogP contribution >= 0.6 is 0 Å². The second-order valence-corrected chi connectivity index (χ2v) is 4.98. The van der Waals surface area contributed by atoms with Crippen molar-refractivity contribution < 1.29 is 14.6 Å². The van der Waals surface area contributed by atoms with Gasteiger partial charge in [-0.1, -0.05) is 59.8 Å². The molecule has 0 unspecified atom stereocenters. The molecule has 0 radical (unpaired) electrons. The summed E-state index contributed by atoms with van der Waals surface area (Å²) >= 11 is 0. The molecule has 0 aliphatic carbocycles. The van der Waals surface area contributed by atoms with Crippen LogP contribution in [0.25, 0.3) is 6.08 Å². The van der Waals surface area contributed by atoms with Gasteiger partial charge in [-0.25, -0.2) is 4.79 Å². The highest BCUT2D eigenvalue weighted by atomic mass is 16.7. The van der Waals surface area contributed by atoms with E-state index in [0.717, 1.165) is 5.56 Å². The first-order valence-electron chi connectivity index (χ1n) is 7.13. The zero-order chi connectivity index (χ0) is 16.9. The normalized spacial score (nSPS) is 15.6. The van der Waals surface area contributed by atoms with Crippen LogP contribution in [0.1, 0.15) is 11.1 Å². The molecule has 0 aromatic heterocycles. The molecule has 0 N–H and O–H groups in total. The zero-order valence-electron chi connectivity index (χ0n) is 12.5. The van der Waals surface area contributed by atoms with Crippen LogP contribution in [0.4, 0.5) is 5.69 Å². The Bertz CT molecular complexity index is 883. The Kier molecular flexibility index (Phi) is 4.29. The van der Waals surface area contributed by atoms with E-state index in [1.807, 2.05) is 36.4 Å². The number of nitro groups is 1. The smallest absolute Gasteiger partial charge is 0.312 e. The van der Waals surface area contributed by atoms with E-state index in [4.69, 9.17) is 4.84 Å². The molecule has 2 aromatic carbocycles. The van der Waals surface area contributed by atoms with Crippen molar-refractivity contribution in [3.8, 4) is 0 Å². The molecular weight excluding hydrogens is 308 g/mol. The van der Waals surface area contributed by atoms with Gasteiger partial charge >= 0.3 is 5.97 Å². The maximum absolute atomic E-state index is 11.8. The molecule has 24 heavy (non-hydrogen) atoms. The van der Waals surface area contributed by atoms with Gasteiger partial charge < -0.3 is 4.84 Å². The average Bonchev–Trinajstić information content (AvgIpc) is 2.97. The molecule has 2 aromatic rings. The molecule has 1 aliphatic rings. The molecule has 0 fully saturated rings. The number of hydrogen-bond donors (Lipinski definition) is 0. The van der Waals surface area contributed by atoms with E-state index in [1.54, 1.807) is 18.2 Å². The summed E-state index contributed by atoms with van der Waals surface area (Å²) in [6.45, 7) is 0. The summed E-state index contributed by atoms with van der Waals surface area (Å²) < 4.78 is 0. The molecule has 1 aliphatic heterocycles. The summed E-state index contributed by atoms with van der Waals surface area (Å²) in [5, 5.41) is 14.6. The van der Waals surface area contributed by atoms with Gasteiger partial charge in [-0.15, -0.1) is 0 Å². The highest BCUT2D eigenvalue weighted by Crippen LogP contribution is 2.21. The van der Waals surface area contributed by atoms with Crippen LogP contribution < -0.4 is 0 Å². The summed E-state index contributed by atoms with van der Waals surface area (Å²) in [6.07, 6.45) is 5.13. The molecular formula is C18H12N2O4. The molecule has 0 saturated heterocycles. The highest BCUT2D eigenvalue weighted by Gasteiger charge is 2.27. The highest BCUT2D eigenvalue weighted by molar-refractivity contribution is 6.29. The fourth-order valence-corrected chi connectivity index (χ4v) is 2.22. The lowest BCUT2D eigenvalue weighted by Crippen LogP contribution is -2.07. The van der Waals surface area contributed by atoms with Crippen molar-refractivity contribution in [1.29, 1.82) is 0 Å². The summed E-state index contributed by atoms with van der Waals surface area (Å²) in [5.74, 6) is -0.589. The van der Waals surface area contributed by atoms with E-state index in [9.17, 15) is 14.9 Å². The topological polar surface area (TPSA) is 81.8 Å². The number of nitro benzene ring substituents is 1. The third kappa shape index (κ3) is 3.27. The number of non-ortho nitro benzene ring substituents is 1. The summed E-state index contributed by atoms with van der Waals surface area (Å²) in [7, 11) is 0. The van der Waals surface area contributed by atoms with Crippen molar-refractivity contribution in [3.05, 3.63) is 93.6 Å². The van der Waals surface area contributed by atoms with Crippen molar-refractivity contribution in [3.63, 3.8) is 0 Å².